The second-order valence-electron chi connectivity index (χ2n) is 12.6. The fraction of sp³-hybridized carbons (Fsp3) is 0.0698. The topological polar surface area (TPSA) is 38.9 Å². The Morgan fingerprint density at radius 1 is 0.478 bits per heavy atom. The van der Waals surface area contributed by atoms with Crippen LogP contribution in [0.5, 0.6) is 0 Å². The third-order valence-corrected chi connectivity index (χ3v) is 9.50. The summed E-state index contributed by atoms with van der Waals surface area (Å²) in [7, 11) is 0. The molecule has 1 aliphatic rings. The molecule has 0 saturated heterocycles. The van der Waals surface area contributed by atoms with Gasteiger partial charge < -0.3 is 4.42 Å². The van der Waals surface area contributed by atoms with E-state index in [1.807, 2.05) is 36.4 Å². The maximum atomic E-state index is 6.32. The first-order valence-corrected chi connectivity index (χ1v) is 15.7. The van der Waals surface area contributed by atoms with Crippen LogP contribution in [-0.4, -0.2) is 9.97 Å². The van der Waals surface area contributed by atoms with Crippen molar-refractivity contribution in [2.75, 3.05) is 0 Å². The van der Waals surface area contributed by atoms with E-state index in [2.05, 4.69) is 123 Å². The average Bonchev–Trinajstić information content (AvgIpc) is 3.64. The van der Waals surface area contributed by atoms with Gasteiger partial charge in [0.25, 0.3) is 0 Å². The average molecular weight is 591 g/mol. The van der Waals surface area contributed by atoms with Crippen molar-refractivity contribution in [3.05, 3.63) is 157 Å². The van der Waals surface area contributed by atoms with E-state index in [9.17, 15) is 0 Å². The van der Waals surface area contributed by atoms with Crippen LogP contribution in [0, 0.1) is 0 Å². The van der Waals surface area contributed by atoms with Crippen LogP contribution in [0.15, 0.2) is 150 Å². The van der Waals surface area contributed by atoms with E-state index in [1.54, 1.807) is 0 Å². The molecule has 0 saturated carbocycles. The first-order valence-electron chi connectivity index (χ1n) is 15.7. The number of furan rings is 1. The molecule has 0 amide bonds. The number of para-hydroxylation sites is 1. The maximum absolute atomic E-state index is 6.32. The summed E-state index contributed by atoms with van der Waals surface area (Å²) >= 11 is 0. The van der Waals surface area contributed by atoms with Crippen molar-refractivity contribution < 1.29 is 4.42 Å². The third-order valence-electron chi connectivity index (χ3n) is 9.50. The lowest BCUT2D eigenvalue weighted by Crippen LogP contribution is -2.14. The standard InChI is InChI=1S/C43H30N2O/c1-43(2)35-21-12-20-33(41(35)34-23-28-15-6-7-16-29(28)24-36(34)43)31-18-9-10-19-32(31)37-26-38(40-25-30-17-8-11-22-39(30)46-40)45-42(44-37)27-13-4-3-5-14-27/h3-26H,1-2H3. The molecule has 0 fully saturated rings. The van der Waals surface area contributed by atoms with Gasteiger partial charge in [0.2, 0.25) is 0 Å². The summed E-state index contributed by atoms with van der Waals surface area (Å²) in [6.07, 6.45) is 0. The summed E-state index contributed by atoms with van der Waals surface area (Å²) in [5.74, 6) is 1.39. The molecule has 1 aliphatic carbocycles. The normalized spacial score (nSPS) is 13.2. The monoisotopic (exact) mass is 590 g/mol. The fourth-order valence-corrected chi connectivity index (χ4v) is 7.17. The van der Waals surface area contributed by atoms with Gasteiger partial charge in [0.1, 0.15) is 11.3 Å². The molecule has 8 aromatic rings. The fourth-order valence-electron chi connectivity index (χ4n) is 7.17. The Balaban J connectivity index is 1.28. The van der Waals surface area contributed by atoms with Crippen molar-refractivity contribution in [1.29, 1.82) is 0 Å². The zero-order chi connectivity index (χ0) is 30.8. The van der Waals surface area contributed by atoms with E-state index < -0.39 is 0 Å². The Morgan fingerprint density at radius 2 is 1.13 bits per heavy atom. The summed E-state index contributed by atoms with van der Waals surface area (Å²) in [4.78, 5) is 10.2. The highest BCUT2D eigenvalue weighted by molar-refractivity contribution is 6.00. The Bertz CT molecular complexity index is 2420. The molecule has 0 unspecified atom stereocenters. The molecule has 0 radical (unpaired) electrons. The molecular weight excluding hydrogens is 560 g/mol. The van der Waals surface area contributed by atoms with Crippen molar-refractivity contribution in [1.82, 2.24) is 9.97 Å². The maximum Gasteiger partial charge on any atom is 0.160 e. The summed E-state index contributed by atoms with van der Waals surface area (Å²) in [5, 5.41) is 3.58. The summed E-state index contributed by atoms with van der Waals surface area (Å²) in [6, 6.07) is 51.2. The SMILES string of the molecule is CC1(C)c2cc3ccccc3cc2-c2c(-c3ccccc3-c3cc(-c4cc5ccccc5o4)nc(-c4ccccc4)n3)cccc21. The van der Waals surface area contributed by atoms with Crippen LogP contribution in [0.4, 0.5) is 0 Å². The number of hydrogen-bond donors (Lipinski definition) is 0. The lowest BCUT2D eigenvalue weighted by molar-refractivity contribution is 0.628. The predicted molar refractivity (Wildman–Crippen MR) is 189 cm³/mol. The van der Waals surface area contributed by atoms with Gasteiger partial charge in [-0.15, -0.1) is 0 Å². The molecule has 0 spiro atoms. The van der Waals surface area contributed by atoms with Crippen molar-refractivity contribution in [3.63, 3.8) is 0 Å². The molecule has 6 aromatic carbocycles. The lowest BCUT2D eigenvalue weighted by atomic mass is 9.81. The van der Waals surface area contributed by atoms with Gasteiger partial charge >= 0.3 is 0 Å². The van der Waals surface area contributed by atoms with Crippen molar-refractivity contribution in [2.45, 2.75) is 19.3 Å². The van der Waals surface area contributed by atoms with Crippen molar-refractivity contribution >= 4 is 21.7 Å². The molecule has 0 atom stereocenters. The summed E-state index contributed by atoms with van der Waals surface area (Å²) < 4.78 is 6.32. The third kappa shape index (κ3) is 4.13. The number of hydrogen-bond acceptors (Lipinski definition) is 3. The molecule has 2 heterocycles. The van der Waals surface area contributed by atoms with E-state index in [0.717, 1.165) is 44.8 Å². The Kier molecular flexibility index (Phi) is 5.85. The molecule has 46 heavy (non-hydrogen) atoms. The smallest absolute Gasteiger partial charge is 0.160 e. The first-order chi connectivity index (χ1) is 22.5. The van der Waals surface area contributed by atoms with E-state index in [0.29, 0.717) is 5.82 Å². The van der Waals surface area contributed by atoms with Crippen LogP contribution >= 0.6 is 0 Å². The van der Waals surface area contributed by atoms with Gasteiger partial charge in [-0.1, -0.05) is 129 Å². The molecular formula is C43H30N2O. The van der Waals surface area contributed by atoms with Gasteiger partial charge in [0, 0.05) is 21.9 Å². The predicted octanol–water partition coefficient (Wildman–Crippen LogP) is 11.4. The molecule has 3 nitrogen and oxygen atoms in total. The lowest BCUT2D eigenvalue weighted by Gasteiger charge is -2.22. The number of fused-ring (bicyclic) bond motifs is 5. The number of benzene rings is 6. The van der Waals surface area contributed by atoms with Gasteiger partial charge in [-0.25, -0.2) is 9.97 Å². The van der Waals surface area contributed by atoms with Crippen molar-refractivity contribution in [2.24, 2.45) is 0 Å². The van der Waals surface area contributed by atoms with Crippen LogP contribution in [0.3, 0.4) is 0 Å². The minimum atomic E-state index is -0.122. The van der Waals surface area contributed by atoms with Crippen LogP contribution in [-0.2, 0) is 5.41 Å². The largest absolute Gasteiger partial charge is 0.454 e. The zero-order valence-corrected chi connectivity index (χ0v) is 25.7. The van der Waals surface area contributed by atoms with E-state index in [4.69, 9.17) is 14.4 Å². The second kappa shape index (κ2) is 10.1. The van der Waals surface area contributed by atoms with E-state index in [-0.39, 0.29) is 5.41 Å². The highest BCUT2D eigenvalue weighted by Crippen LogP contribution is 2.54. The van der Waals surface area contributed by atoms with Crippen LogP contribution in [0.2, 0.25) is 0 Å². The van der Waals surface area contributed by atoms with Gasteiger partial charge in [-0.3, -0.25) is 0 Å². The quantitative estimate of drug-likeness (QED) is 0.205. The number of rotatable bonds is 4. The van der Waals surface area contributed by atoms with Crippen LogP contribution < -0.4 is 0 Å². The first kappa shape index (κ1) is 26.6. The molecule has 0 bridgehead atoms. The van der Waals surface area contributed by atoms with Crippen molar-refractivity contribution in [3.8, 4) is 56.4 Å². The van der Waals surface area contributed by atoms with Gasteiger partial charge in [0.15, 0.2) is 11.6 Å². The number of nitrogens with zero attached hydrogens (tertiary/aromatic N) is 2. The minimum absolute atomic E-state index is 0.122. The van der Waals surface area contributed by atoms with Crippen LogP contribution in [0.25, 0.3) is 78.1 Å². The molecule has 2 aromatic heterocycles. The van der Waals surface area contributed by atoms with Crippen LogP contribution in [0.1, 0.15) is 25.0 Å². The molecule has 3 heteroatoms. The Morgan fingerprint density at radius 3 is 1.93 bits per heavy atom. The minimum Gasteiger partial charge on any atom is -0.454 e. The van der Waals surface area contributed by atoms with Gasteiger partial charge in [-0.05, 0) is 74.5 Å². The van der Waals surface area contributed by atoms with Gasteiger partial charge in [-0.2, -0.15) is 0 Å². The molecule has 0 aliphatic heterocycles. The Labute approximate surface area is 267 Å². The summed E-state index contributed by atoms with van der Waals surface area (Å²) in [5.41, 5.74) is 12.0. The Hall–Kier alpha value is -5.80. The summed E-state index contributed by atoms with van der Waals surface area (Å²) in [6.45, 7) is 4.69. The van der Waals surface area contributed by atoms with E-state index >= 15 is 0 Å². The molecule has 9 rings (SSSR count). The zero-order valence-electron chi connectivity index (χ0n) is 25.7. The highest BCUT2D eigenvalue weighted by Gasteiger charge is 2.37. The molecule has 218 valence electrons. The van der Waals surface area contributed by atoms with Gasteiger partial charge in [0.05, 0.1) is 5.69 Å². The molecule has 0 N–H and O–H groups in total. The number of aromatic nitrogens is 2. The highest BCUT2D eigenvalue weighted by atomic mass is 16.3. The second-order valence-corrected chi connectivity index (χ2v) is 12.6. The van der Waals surface area contributed by atoms with E-state index in [1.165, 1.54) is 38.6 Å².